The summed E-state index contributed by atoms with van der Waals surface area (Å²) in [7, 11) is 0. The maximum Gasteiger partial charge on any atom is 0.168 e. The Bertz CT molecular complexity index is 746. The van der Waals surface area contributed by atoms with Gasteiger partial charge in [-0.25, -0.2) is 0 Å². The molecule has 1 aromatic heterocycles. The molecule has 0 radical (unpaired) electrons. The molecule has 0 atom stereocenters. The fraction of sp³-hybridized carbons (Fsp3) is 0.125. The number of rotatable bonds is 3. The molecule has 0 spiro atoms. The van der Waals surface area contributed by atoms with E-state index < -0.39 is 0 Å². The molecular formula is C16H13Cl2N3. The van der Waals surface area contributed by atoms with E-state index in [-0.39, 0.29) is 0 Å². The summed E-state index contributed by atoms with van der Waals surface area (Å²) < 4.78 is 1.96. The highest BCUT2D eigenvalue weighted by Crippen LogP contribution is 2.27. The van der Waals surface area contributed by atoms with Gasteiger partial charge in [0.05, 0.1) is 5.88 Å². The normalized spacial score (nSPS) is 10.8. The van der Waals surface area contributed by atoms with Crippen LogP contribution < -0.4 is 0 Å². The van der Waals surface area contributed by atoms with E-state index in [1.165, 1.54) is 0 Å². The number of nitrogens with zero attached hydrogens (tertiary/aromatic N) is 3. The smallest absolute Gasteiger partial charge is 0.168 e. The summed E-state index contributed by atoms with van der Waals surface area (Å²) >= 11 is 12.2. The molecule has 0 N–H and O–H groups in total. The largest absolute Gasteiger partial charge is 0.278 e. The zero-order valence-electron chi connectivity index (χ0n) is 11.4. The van der Waals surface area contributed by atoms with Crippen molar-refractivity contribution in [2.45, 2.75) is 12.8 Å². The fourth-order valence-electron chi connectivity index (χ4n) is 2.30. The lowest BCUT2D eigenvalue weighted by Gasteiger charge is -2.10. The van der Waals surface area contributed by atoms with E-state index >= 15 is 0 Å². The molecule has 3 nitrogen and oxygen atoms in total. The van der Waals surface area contributed by atoms with Crippen LogP contribution in [-0.2, 0) is 5.88 Å². The van der Waals surface area contributed by atoms with Crippen LogP contribution in [0.2, 0.25) is 5.02 Å². The lowest BCUT2D eigenvalue weighted by Crippen LogP contribution is -2.01. The van der Waals surface area contributed by atoms with Gasteiger partial charge in [0.15, 0.2) is 11.6 Å². The average molecular weight is 318 g/mol. The van der Waals surface area contributed by atoms with Crippen LogP contribution >= 0.6 is 23.2 Å². The molecule has 106 valence electrons. The van der Waals surface area contributed by atoms with Gasteiger partial charge in [0.1, 0.15) is 0 Å². The van der Waals surface area contributed by atoms with Gasteiger partial charge in [0, 0.05) is 16.3 Å². The van der Waals surface area contributed by atoms with Crippen LogP contribution in [0.3, 0.4) is 0 Å². The highest BCUT2D eigenvalue weighted by atomic mass is 35.5. The van der Waals surface area contributed by atoms with Crippen LogP contribution in [0.5, 0.6) is 0 Å². The zero-order chi connectivity index (χ0) is 14.8. The Hall–Kier alpha value is -1.84. The predicted molar refractivity (Wildman–Crippen MR) is 86.1 cm³/mol. The summed E-state index contributed by atoms with van der Waals surface area (Å²) in [6, 6.07) is 15.7. The summed E-state index contributed by atoms with van der Waals surface area (Å²) in [5.41, 5.74) is 2.98. The Morgan fingerprint density at radius 2 is 1.81 bits per heavy atom. The van der Waals surface area contributed by atoms with Crippen molar-refractivity contribution in [1.29, 1.82) is 0 Å². The molecule has 0 bridgehead atoms. The number of para-hydroxylation sites is 1. The molecule has 2 aromatic carbocycles. The number of halogens is 2. The Morgan fingerprint density at radius 3 is 2.48 bits per heavy atom. The van der Waals surface area contributed by atoms with Gasteiger partial charge in [-0.05, 0) is 42.8 Å². The minimum Gasteiger partial charge on any atom is -0.278 e. The second-order valence-electron chi connectivity index (χ2n) is 4.76. The first-order chi connectivity index (χ1) is 10.2. The van der Waals surface area contributed by atoms with Crippen LogP contribution in [0.25, 0.3) is 17.1 Å². The van der Waals surface area contributed by atoms with Gasteiger partial charge in [-0.3, -0.25) is 4.57 Å². The molecule has 5 heteroatoms. The van der Waals surface area contributed by atoms with Crippen molar-refractivity contribution >= 4 is 23.2 Å². The average Bonchev–Trinajstić information content (AvgIpc) is 2.91. The molecule has 3 aromatic rings. The minimum atomic E-state index is 0.293. The first-order valence-corrected chi connectivity index (χ1v) is 7.43. The molecule has 0 aliphatic rings. The van der Waals surface area contributed by atoms with Gasteiger partial charge in [0.25, 0.3) is 0 Å². The maximum atomic E-state index is 6.16. The lowest BCUT2D eigenvalue weighted by atomic mass is 10.1. The van der Waals surface area contributed by atoms with Gasteiger partial charge in [0.2, 0.25) is 0 Å². The highest BCUT2D eigenvalue weighted by molar-refractivity contribution is 6.30. The van der Waals surface area contributed by atoms with E-state index in [0.717, 1.165) is 22.6 Å². The third-order valence-corrected chi connectivity index (χ3v) is 3.62. The predicted octanol–water partition coefficient (Wildman–Crippen LogP) is 4.63. The van der Waals surface area contributed by atoms with Gasteiger partial charge < -0.3 is 0 Å². The highest BCUT2D eigenvalue weighted by Gasteiger charge is 2.15. The number of benzene rings is 2. The van der Waals surface area contributed by atoms with E-state index in [2.05, 4.69) is 10.2 Å². The monoisotopic (exact) mass is 317 g/mol. The maximum absolute atomic E-state index is 6.16. The van der Waals surface area contributed by atoms with Crippen LogP contribution in [0.4, 0.5) is 0 Å². The Balaban J connectivity index is 2.22. The van der Waals surface area contributed by atoms with Crippen molar-refractivity contribution in [2.75, 3.05) is 0 Å². The van der Waals surface area contributed by atoms with E-state index in [1.54, 1.807) is 0 Å². The van der Waals surface area contributed by atoms with Crippen molar-refractivity contribution in [3.05, 3.63) is 64.9 Å². The van der Waals surface area contributed by atoms with Crippen molar-refractivity contribution in [1.82, 2.24) is 14.8 Å². The third kappa shape index (κ3) is 2.80. The van der Waals surface area contributed by atoms with Crippen molar-refractivity contribution in [2.24, 2.45) is 0 Å². The van der Waals surface area contributed by atoms with E-state index in [4.69, 9.17) is 23.2 Å². The SMILES string of the molecule is Cc1cc(Cl)cc(-c2nnc(CCl)n2-c2ccccc2)c1. The second-order valence-corrected chi connectivity index (χ2v) is 5.47. The van der Waals surface area contributed by atoms with Crippen LogP contribution in [0.1, 0.15) is 11.4 Å². The van der Waals surface area contributed by atoms with E-state index in [9.17, 15) is 0 Å². The Kier molecular flexibility index (Phi) is 3.95. The molecule has 0 fully saturated rings. The van der Waals surface area contributed by atoms with E-state index in [0.29, 0.717) is 16.7 Å². The number of aryl methyl sites for hydroxylation is 1. The molecular weight excluding hydrogens is 305 g/mol. The molecule has 0 saturated heterocycles. The van der Waals surface area contributed by atoms with Crippen LogP contribution in [0, 0.1) is 6.92 Å². The summed E-state index contributed by atoms with van der Waals surface area (Å²) in [5.74, 6) is 1.74. The molecule has 1 heterocycles. The molecule has 0 aliphatic heterocycles. The van der Waals surface area contributed by atoms with Gasteiger partial charge in [-0.2, -0.15) is 0 Å². The topological polar surface area (TPSA) is 30.7 Å². The standard InChI is InChI=1S/C16H13Cl2N3/c1-11-7-12(9-13(18)8-11)16-20-19-15(10-17)21(16)14-5-3-2-4-6-14/h2-9H,10H2,1H3. The zero-order valence-corrected chi connectivity index (χ0v) is 12.9. The molecule has 0 aliphatic carbocycles. The quantitative estimate of drug-likeness (QED) is 0.659. The number of alkyl halides is 1. The minimum absolute atomic E-state index is 0.293. The molecule has 3 rings (SSSR count). The molecule has 0 amide bonds. The van der Waals surface area contributed by atoms with Crippen molar-refractivity contribution in [3.63, 3.8) is 0 Å². The van der Waals surface area contributed by atoms with E-state index in [1.807, 2.05) is 60.0 Å². The first-order valence-electron chi connectivity index (χ1n) is 6.52. The lowest BCUT2D eigenvalue weighted by molar-refractivity contribution is 0.953. The first kappa shape index (κ1) is 14.1. The van der Waals surface area contributed by atoms with Gasteiger partial charge in [-0.1, -0.05) is 29.8 Å². The van der Waals surface area contributed by atoms with Crippen LogP contribution in [0.15, 0.2) is 48.5 Å². The van der Waals surface area contributed by atoms with Crippen molar-refractivity contribution < 1.29 is 0 Å². The van der Waals surface area contributed by atoms with Crippen LogP contribution in [-0.4, -0.2) is 14.8 Å². The number of hydrogen-bond acceptors (Lipinski definition) is 2. The second kappa shape index (κ2) is 5.88. The summed E-state index contributed by atoms with van der Waals surface area (Å²) in [6.07, 6.45) is 0. The number of hydrogen-bond donors (Lipinski definition) is 0. The number of aromatic nitrogens is 3. The Labute approximate surface area is 133 Å². The van der Waals surface area contributed by atoms with Gasteiger partial charge in [-0.15, -0.1) is 21.8 Å². The van der Waals surface area contributed by atoms with Crippen molar-refractivity contribution in [3.8, 4) is 17.1 Å². The molecule has 21 heavy (non-hydrogen) atoms. The summed E-state index contributed by atoms with van der Waals surface area (Å²) in [5, 5.41) is 9.15. The summed E-state index contributed by atoms with van der Waals surface area (Å²) in [4.78, 5) is 0. The fourth-order valence-corrected chi connectivity index (χ4v) is 2.77. The van der Waals surface area contributed by atoms with Gasteiger partial charge >= 0.3 is 0 Å². The molecule has 0 saturated carbocycles. The third-order valence-electron chi connectivity index (χ3n) is 3.16. The summed E-state index contributed by atoms with van der Waals surface area (Å²) in [6.45, 7) is 2.00. The Morgan fingerprint density at radius 1 is 1.05 bits per heavy atom. The molecule has 0 unspecified atom stereocenters.